The first-order chi connectivity index (χ1) is 13.9. The number of hydrogen-bond acceptors (Lipinski definition) is 5. The molecule has 2 amide bonds. The molecule has 0 bridgehead atoms. The Balaban J connectivity index is 1.60. The first-order valence-electron chi connectivity index (χ1n) is 9.64. The summed E-state index contributed by atoms with van der Waals surface area (Å²) >= 11 is 0. The summed E-state index contributed by atoms with van der Waals surface area (Å²) in [5, 5.41) is 4.87. The summed E-state index contributed by atoms with van der Waals surface area (Å²) < 4.78 is 25.9. The zero-order valence-electron chi connectivity index (χ0n) is 16.3. The van der Waals surface area contributed by atoms with Crippen molar-refractivity contribution in [3.05, 3.63) is 54.4 Å². The van der Waals surface area contributed by atoms with Crippen LogP contribution in [0.1, 0.15) is 38.2 Å². The smallest absolute Gasteiger partial charge is 0.319 e. The molecule has 1 aromatic carbocycles. The van der Waals surface area contributed by atoms with Gasteiger partial charge in [0.2, 0.25) is 0 Å². The van der Waals surface area contributed by atoms with E-state index in [-0.39, 0.29) is 22.6 Å². The predicted octanol–water partition coefficient (Wildman–Crippen LogP) is 3.32. The molecule has 1 aliphatic carbocycles. The standard InChI is InChI=1S/C21H25N3O4S/c1-15(25)17-5-2-6-20(12-17)29(27,28)19-9-7-18(8-10-19)24-21(26)23-14-16-4-3-11-22-13-16/h3-4,7-11,13,17,20H,2,5-6,12,14H2,1H3,(H2,23,24,26). The van der Waals surface area contributed by atoms with E-state index in [0.717, 1.165) is 18.4 Å². The largest absolute Gasteiger partial charge is 0.334 e. The van der Waals surface area contributed by atoms with Gasteiger partial charge in [0, 0.05) is 30.5 Å². The minimum absolute atomic E-state index is 0.0572. The molecular weight excluding hydrogens is 390 g/mol. The van der Waals surface area contributed by atoms with Crippen molar-refractivity contribution in [2.45, 2.75) is 49.3 Å². The van der Waals surface area contributed by atoms with E-state index >= 15 is 0 Å². The molecule has 0 spiro atoms. The minimum atomic E-state index is -3.51. The van der Waals surface area contributed by atoms with Crippen molar-refractivity contribution in [3.63, 3.8) is 0 Å². The second-order valence-corrected chi connectivity index (χ2v) is 9.56. The van der Waals surface area contributed by atoms with Gasteiger partial charge in [0.05, 0.1) is 10.1 Å². The van der Waals surface area contributed by atoms with E-state index in [4.69, 9.17) is 0 Å². The van der Waals surface area contributed by atoms with Gasteiger partial charge in [0.1, 0.15) is 5.78 Å². The number of rotatable bonds is 6. The van der Waals surface area contributed by atoms with Crippen LogP contribution in [0.2, 0.25) is 0 Å². The molecule has 3 rings (SSSR count). The van der Waals surface area contributed by atoms with Crippen molar-refractivity contribution in [2.24, 2.45) is 5.92 Å². The number of nitrogens with zero attached hydrogens (tertiary/aromatic N) is 1. The summed E-state index contributed by atoms with van der Waals surface area (Å²) in [5.41, 5.74) is 1.37. The number of carbonyl (C=O) groups excluding carboxylic acids is 2. The SMILES string of the molecule is CC(=O)C1CCCC(S(=O)(=O)c2ccc(NC(=O)NCc3cccnc3)cc2)C1. The van der Waals surface area contributed by atoms with Gasteiger partial charge in [0.25, 0.3) is 0 Å². The van der Waals surface area contributed by atoms with E-state index in [1.54, 1.807) is 30.6 Å². The fraction of sp³-hybridized carbons (Fsp3) is 0.381. The number of carbonyl (C=O) groups is 2. The summed E-state index contributed by atoms with van der Waals surface area (Å²) in [6.45, 7) is 1.87. The number of pyridine rings is 1. The van der Waals surface area contributed by atoms with E-state index in [1.807, 2.05) is 6.07 Å². The normalized spacial score (nSPS) is 19.3. The second-order valence-electron chi connectivity index (χ2n) is 7.33. The monoisotopic (exact) mass is 415 g/mol. The molecule has 0 saturated heterocycles. The number of hydrogen-bond donors (Lipinski definition) is 2. The summed E-state index contributed by atoms with van der Waals surface area (Å²) in [7, 11) is -3.51. The first-order valence-corrected chi connectivity index (χ1v) is 11.2. The van der Waals surface area contributed by atoms with E-state index in [1.165, 1.54) is 19.1 Å². The lowest BCUT2D eigenvalue weighted by Gasteiger charge is -2.27. The van der Waals surface area contributed by atoms with Crippen molar-refractivity contribution in [2.75, 3.05) is 5.32 Å². The van der Waals surface area contributed by atoms with Gasteiger partial charge in [-0.2, -0.15) is 0 Å². The minimum Gasteiger partial charge on any atom is -0.334 e. The predicted molar refractivity (Wildman–Crippen MR) is 110 cm³/mol. The van der Waals surface area contributed by atoms with Crippen LogP contribution in [0.25, 0.3) is 0 Å². The van der Waals surface area contributed by atoms with Gasteiger partial charge in [-0.1, -0.05) is 12.5 Å². The van der Waals surface area contributed by atoms with Gasteiger partial charge < -0.3 is 10.6 Å². The number of nitrogens with one attached hydrogen (secondary N) is 2. The molecule has 2 aromatic rings. The highest BCUT2D eigenvalue weighted by molar-refractivity contribution is 7.92. The quantitative estimate of drug-likeness (QED) is 0.753. The Morgan fingerprint density at radius 1 is 1.14 bits per heavy atom. The van der Waals surface area contributed by atoms with Gasteiger partial charge >= 0.3 is 6.03 Å². The fourth-order valence-electron chi connectivity index (χ4n) is 3.58. The van der Waals surface area contributed by atoms with E-state index in [9.17, 15) is 18.0 Å². The van der Waals surface area contributed by atoms with E-state index in [0.29, 0.717) is 25.1 Å². The molecule has 1 saturated carbocycles. The number of benzene rings is 1. The summed E-state index contributed by atoms with van der Waals surface area (Å²) in [6, 6.07) is 9.41. The third kappa shape index (κ3) is 5.41. The molecule has 1 fully saturated rings. The molecule has 154 valence electrons. The van der Waals surface area contributed by atoms with Crippen LogP contribution in [0.3, 0.4) is 0 Å². The fourth-order valence-corrected chi connectivity index (χ4v) is 5.44. The lowest BCUT2D eigenvalue weighted by atomic mass is 9.86. The Hall–Kier alpha value is -2.74. The van der Waals surface area contributed by atoms with Gasteiger partial charge in [-0.05, 0) is 62.1 Å². The van der Waals surface area contributed by atoms with E-state index < -0.39 is 15.1 Å². The molecule has 2 unspecified atom stereocenters. The first kappa shape index (κ1) is 21.0. The molecule has 29 heavy (non-hydrogen) atoms. The summed E-state index contributed by atoms with van der Waals surface area (Å²) in [6.07, 6.45) is 5.79. The summed E-state index contributed by atoms with van der Waals surface area (Å²) in [5.74, 6) is -0.116. The zero-order valence-corrected chi connectivity index (χ0v) is 17.1. The molecule has 0 aliphatic heterocycles. The lowest BCUT2D eigenvalue weighted by Crippen LogP contribution is -2.31. The van der Waals surface area contributed by atoms with Gasteiger partial charge in [-0.25, -0.2) is 13.2 Å². The molecule has 0 radical (unpaired) electrons. The van der Waals surface area contributed by atoms with Crippen molar-refractivity contribution < 1.29 is 18.0 Å². The van der Waals surface area contributed by atoms with Gasteiger partial charge in [-0.3, -0.25) is 9.78 Å². The number of Topliss-reactive ketones (excluding diaryl/α,β-unsaturated/α-hetero) is 1. The highest BCUT2D eigenvalue weighted by atomic mass is 32.2. The van der Waals surface area contributed by atoms with Crippen LogP contribution in [0, 0.1) is 5.92 Å². The van der Waals surface area contributed by atoms with Crippen molar-refractivity contribution in [1.29, 1.82) is 0 Å². The maximum atomic E-state index is 12.9. The number of ketones is 1. The van der Waals surface area contributed by atoms with Crippen LogP contribution < -0.4 is 10.6 Å². The molecule has 1 aromatic heterocycles. The number of anilines is 1. The highest BCUT2D eigenvalue weighted by Crippen LogP contribution is 2.32. The molecule has 7 nitrogen and oxygen atoms in total. The third-order valence-electron chi connectivity index (χ3n) is 5.26. The summed E-state index contributed by atoms with van der Waals surface area (Å²) in [4.78, 5) is 27.9. The van der Waals surface area contributed by atoms with E-state index in [2.05, 4.69) is 15.6 Å². The Morgan fingerprint density at radius 2 is 1.90 bits per heavy atom. The van der Waals surface area contributed by atoms with Crippen molar-refractivity contribution >= 4 is 27.3 Å². The Morgan fingerprint density at radius 3 is 2.55 bits per heavy atom. The number of amides is 2. The highest BCUT2D eigenvalue weighted by Gasteiger charge is 2.34. The van der Waals surface area contributed by atoms with Crippen LogP contribution in [-0.4, -0.2) is 30.5 Å². The van der Waals surface area contributed by atoms with Crippen molar-refractivity contribution in [3.8, 4) is 0 Å². The van der Waals surface area contributed by atoms with Crippen LogP contribution in [0.5, 0.6) is 0 Å². The maximum Gasteiger partial charge on any atom is 0.319 e. The van der Waals surface area contributed by atoms with Crippen molar-refractivity contribution in [1.82, 2.24) is 10.3 Å². The number of urea groups is 1. The average molecular weight is 416 g/mol. The molecule has 1 aliphatic rings. The van der Waals surface area contributed by atoms with Gasteiger partial charge in [-0.15, -0.1) is 0 Å². The lowest BCUT2D eigenvalue weighted by molar-refractivity contribution is -0.121. The van der Waals surface area contributed by atoms with Crippen LogP contribution in [0.15, 0.2) is 53.7 Å². The Bertz CT molecular complexity index is 959. The molecule has 2 atom stereocenters. The van der Waals surface area contributed by atoms with Gasteiger partial charge in [0.15, 0.2) is 9.84 Å². The molecule has 8 heteroatoms. The second kappa shape index (κ2) is 9.17. The van der Waals surface area contributed by atoms with Crippen LogP contribution in [0.4, 0.5) is 10.5 Å². The Kier molecular flexibility index (Phi) is 6.64. The molecule has 2 N–H and O–H groups in total. The number of sulfone groups is 1. The molecular formula is C21H25N3O4S. The third-order valence-corrected chi connectivity index (χ3v) is 7.49. The Labute approximate surface area is 170 Å². The molecule has 1 heterocycles. The zero-order chi connectivity index (χ0) is 20.9. The number of aromatic nitrogens is 1. The topological polar surface area (TPSA) is 105 Å². The van der Waals surface area contributed by atoms with Crippen LogP contribution in [-0.2, 0) is 21.2 Å². The maximum absolute atomic E-state index is 12.9. The average Bonchev–Trinajstić information content (AvgIpc) is 2.73. The van der Waals surface area contributed by atoms with Crippen LogP contribution >= 0.6 is 0 Å².